The number of carbonyl (C=O) groups excluding carboxylic acids is 1. The number of halogens is 2. The minimum absolute atomic E-state index is 0.435. The molecule has 1 nitrogen and oxygen atoms in total. The van der Waals surface area contributed by atoms with Gasteiger partial charge in [0.15, 0.2) is 0 Å². The van der Waals surface area contributed by atoms with Gasteiger partial charge in [0.25, 0.3) is 0 Å². The van der Waals surface area contributed by atoms with E-state index >= 15 is 0 Å². The van der Waals surface area contributed by atoms with Crippen molar-refractivity contribution in [2.75, 3.05) is 0 Å². The zero-order valence-electron chi connectivity index (χ0n) is 8.30. The van der Waals surface area contributed by atoms with E-state index in [-0.39, 0.29) is 0 Å². The van der Waals surface area contributed by atoms with Gasteiger partial charge in [-0.3, -0.25) is 0 Å². The highest BCUT2D eigenvalue weighted by Crippen LogP contribution is 2.45. The van der Waals surface area contributed by atoms with Crippen LogP contribution in [0.1, 0.15) is 31.2 Å². The van der Waals surface area contributed by atoms with Crippen molar-refractivity contribution in [1.29, 1.82) is 0 Å². The van der Waals surface area contributed by atoms with Crippen LogP contribution >= 0.6 is 23.2 Å². The Kier molecular flexibility index (Phi) is 3.03. The largest absolute Gasteiger partial charge is 0.302 e. The van der Waals surface area contributed by atoms with Crippen LogP contribution in [0.3, 0.4) is 0 Å². The number of aldehydes is 1. The zero-order chi connectivity index (χ0) is 10.9. The summed E-state index contributed by atoms with van der Waals surface area (Å²) < 4.78 is 0. The monoisotopic (exact) mass is 242 g/mol. The third-order valence-corrected chi connectivity index (χ3v) is 3.81. The van der Waals surface area contributed by atoms with Gasteiger partial charge in [0, 0.05) is 15.6 Å². The van der Waals surface area contributed by atoms with Gasteiger partial charge >= 0.3 is 0 Å². The smallest absolute Gasteiger partial charge is 0.130 e. The number of hydrogen-bond acceptors (Lipinski definition) is 1. The highest BCUT2D eigenvalue weighted by molar-refractivity contribution is 6.36. The van der Waals surface area contributed by atoms with E-state index in [2.05, 4.69) is 0 Å². The van der Waals surface area contributed by atoms with Crippen LogP contribution in [-0.2, 0) is 10.2 Å². The maximum absolute atomic E-state index is 11.3. The minimum Gasteiger partial charge on any atom is -0.302 e. The molecule has 0 unspecified atom stereocenters. The van der Waals surface area contributed by atoms with Crippen molar-refractivity contribution in [2.24, 2.45) is 0 Å². The molecule has 0 heterocycles. The fourth-order valence-electron chi connectivity index (χ4n) is 2.41. The quantitative estimate of drug-likeness (QED) is 0.717. The van der Waals surface area contributed by atoms with Gasteiger partial charge in [-0.05, 0) is 25.0 Å². The summed E-state index contributed by atoms with van der Waals surface area (Å²) in [5.41, 5.74) is 0.385. The van der Waals surface area contributed by atoms with E-state index in [1.54, 1.807) is 12.1 Å². The van der Waals surface area contributed by atoms with E-state index < -0.39 is 5.41 Å². The molecule has 1 saturated carbocycles. The summed E-state index contributed by atoms with van der Waals surface area (Å²) >= 11 is 12.3. The minimum atomic E-state index is -0.435. The molecule has 3 heteroatoms. The number of benzene rings is 1. The second kappa shape index (κ2) is 4.15. The molecule has 0 spiro atoms. The standard InChI is InChI=1S/C12H12Cl2O/c13-9-4-3-5-10(14)11(9)12(8-15)6-1-2-7-12/h3-5,8H,1-2,6-7H2. The summed E-state index contributed by atoms with van der Waals surface area (Å²) in [5.74, 6) is 0. The third kappa shape index (κ3) is 1.79. The molecular weight excluding hydrogens is 231 g/mol. The first-order valence-corrected chi connectivity index (χ1v) is 5.86. The molecular formula is C12H12Cl2O. The Balaban J connectivity index is 2.55. The molecule has 0 amide bonds. The first-order chi connectivity index (χ1) is 7.19. The summed E-state index contributed by atoms with van der Waals surface area (Å²) in [6.45, 7) is 0. The van der Waals surface area contributed by atoms with Gasteiger partial charge in [0.05, 0.1) is 5.41 Å². The summed E-state index contributed by atoms with van der Waals surface area (Å²) in [6.07, 6.45) is 4.88. The topological polar surface area (TPSA) is 17.1 Å². The molecule has 0 bridgehead atoms. The van der Waals surface area contributed by atoms with Crippen molar-refractivity contribution >= 4 is 29.5 Å². The Hall–Kier alpha value is -0.530. The molecule has 0 atom stereocenters. The number of rotatable bonds is 2. The van der Waals surface area contributed by atoms with E-state index in [1.165, 1.54) is 0 Å². The van der Waals surface area contributed by atoms with Crippen molar-refractivity contribution in [2.45, 2.75) is 31.1 Å². The van der Waals surface area contributed by atoms with Crippen molar-refractivity contribution in [3.05, 3.63) is 33.8 Å². The van der Waals surface area contributed by atoms with Crippen molar-refractivity contribution in [3.63, 3.8) is 0 Å². The Morgan fingerprint density at radius 3 is 2.13 bits per heavy atom. The van der Waals surface area contributed by atoms with Gasteiger partial charge < -0.3 is 4.79 Å². The van der Waals surface area contributed by atoms with Gasteiger partial charge in [-0.15, -0.1) is 0 Å². The fraction of sp³-hybridized carbons (Fsp3) is 0.417. The number of carbonyl (C=O) groups is 1. The second-order valence-corrected chi connectivity index (χ2v) is 4.89. The zero-order valence-corrected chi connectivity index (χ0v) is 9.81. The van der Waals surface area contributed by atoms with Crippen LogP contribution in [-0.4, -0.2) is 6.29 Å². The first kappa shape index (κ1) is 11.0. The SMILES string of the molecule is O=CC1(c2c(Cl)cccc2Cl)CCCC1. The lowest BCUT2D eigenvalue weighted by atomic mass is 9.80. The average molecular weight is 243 g/mol. The van der Waals surface area contributed by atoms with Crippen LogP contribution in [0.4, 0.5) is 0 Å². The Morgan fingerprint density at radius 1 is 1.13 bits per heavy atom. The molecule has 0 aliphatic heterocycles. The maximum Gasteiger partial charge on any atom is 0.130 e. The molecule has 80 valence electrons. The van der Waals surface area contributed by atoms with Gasteiger partial charge in [-0.1, -0.05) is 42.1 Å². The van der Waals surface area contributed by atoms with Crippen molar-refractivity contribution in [1.82, 2.24) is 0 Å². The molecule has 1 aliphatic rings. The van der Waals surface area contributed by atoms with Gasteiger partial charge in [-0.2, -0.15) is 0 Å². The molecule has 2 rings (SSSR count). The molecule has 0 radical (unpaired) electrons. The van der Waals surface area contributed by atoms with Crippen LogP contribution in [0, 0.1) is 0 Å². The first-order valence-electron chi connectivity index (χ1n) is 5.10. The molecule has 15 heavy (non-hydrogen) atoms. The molecule has 0 saturated heterocycles. The van der Waals surface area contributed by atoms with Crippen molar-refractivity contribution < 1.29 is 4.79 Å². The van der Waals surface area contributed by atoms with E-state index in [1.807, 2.05) is 6.07 Å². The van der Waals surface area contributed by atoms with E-state index in [4.69, 9.17) is 23.2 Å². The second-order valence-electron chi connectivity index (χ2n) is 4.08. The van der Waals surface area contributed by atoms with E-state index in [9.17, 15) is 4.79 Å². The van der Waals surface area contributed by atoms with Crippen LogP contribution in [0.15, 0.2) is 18.2 Å². The Morgan fingerprint density at radius 2 is 1.67 bits per heavy atom. The van der Waals surface area contributed by atoms with Crippen LogP contribution in [0.25, 0.3) is 0 Å². The average Bonchev–Trinajstić information content (AvgIpc) is 2.67. The summed E-state index contributed by atoms with van der Waals surface area (Å²) in [4.78, 5) is 11.3. The lowest BCUT2D eigenvalue weighted by Crippen LogP contribution is -2.24. The molecule has 0 N–H and O–H groups in total. The Labute approximate surface area is 99.4 Å². The fourth-order valence-corrected chi connectivity index (χ4v) is 3.18. The molecule has 1 aromatic rings. The molecule has 1 fully saturated rings. The highest BCUT2D eigenvalue weighted by atomic mass is 35.5. The summed E-state index contributed by atoms with van der Waals surface area (Å²) in [6, 6.07) is 5.40. The van der Waals surface area contributed by atoms with Crippen LogP contribution in [0.2, 0.25) is 10.0 Å². The highest BCUT2D eigenvalue weighted by Gasteiger charge is 2.38. The lowest BCUT2D eigenvalue weighted by Gasteiger charge is -2.24. The molecule has 1 aliphatic carbocycles. The Bertz CT molecular complexity index is 361. The lowest BCUT2D eigenvalue weighted by molar-refractivity contribution is -0.112. The normalized spacial score (nSPS) is 19.1. The van der Waals surface area contributed by atoms with Gasteiger partial charge in [0.2, 0.25) is 0 Å². The molecule has 1 aromatic carbocycles. The van der Waals surface area contributed by atoms with E-state index in [0.717, 1.165) is 37.5 Å². The predicted molar refractivity (Wildman–Crippen MR) is 62.7 cm³/mol. The summed E-state index contributed by atoms with van der Waals surface area (Å²) in [7, 11) is 0. The van der Waals surface area contributed by atoms with Crippen LogP contribution < -0.4 is 0 Å². The maximum atomic E-state index is 11.3. The predicted octanol–water partition coefficient (Wildman–Crippen LogP) is 4.00. The third-order valence-electron chi connectivity index (χ3n) is 3.18. The van der Waals surface area contributed by atoms with Gasteiger partial charge in [0.1, 0.15) is 6.29 Å². The molecule has 0 aromatic heterocycles. The van der Waals surface area contributed by atoms with Crippen molar-refractivity contribution in [3.8, 4) is 0 Å². The summed E-state index contributed by atoms with van der Waals surface area (Å²) in [5, 5.41) is 1.22. The van der Waals surface area contributed by atoms with Crippen LogP contribution in [0.5, 0.6) is 0 Å². The van der Waals surface area contributed by atoms with E-state index in [0.29, 0.717) is 10.0 Å². The number of hydrogen-bond donors (Lipinski definition) is 0. The van der Waals surface area contributed by atoms with Gasteiger partial charge in [-0.25, -0.2) is 0 Å².